The lowest BCUT2D eigenvalue weighted by molar-refractivity contribution is -0.384. The summed E-state index contributed by atoms with van der Waals surface area (Å²) in [5.74, 6) is -0.359. The first-order valence-electron chi connectivity index (χ1n) is 6.05. The van der Waals surface area contributed by atoms with E-state index in [2.05, 4.69) is 15.6 Å². The van der Waals surface area contributed by atoms with Gasteiger partial charge in [0.2, 0.25) is 5.91 Å². The van der Waals surface area contributed by atoms with Crippen molar-refractivity contribution in [3.63, 3.8) is 0 Å². The van der Waals surface area contributed by atoms with Crippen LogP contribution >= 0.6 is 0 Å². The maximum Gasteiger partial charge on any atom is 0.276 e. The van der Waals surface area contributed by atoms with E-state index < -0.39 is 16.9 Å². The zero-order valence-electron chi connectivity index (χ0n) is 11.0. The molecule has 1 rings (SSSR count). The number of anilines is 2. The fourth-order valence-electron chi connectivity index (χ4n) is 1.36. The summed E-state index contributed by atoms with van der Waals surface area (Å²) in [7, 11) is 0. The van der Waals surface area contributed by atoms with Gasteiger partial charge in [-0.05, 0) is 6.42 Å². The lowest BCUT2D eigenvalue weighted by atomic mass is 10.3. The molecule has 0 aliphatic rings. The molecule has 1 unspecified atom stereocenters. The number of aliphatic hydroxyl groups excluding tert-OH is 1. The van der Waals surface area contributed by atoms with E-state index in [4.69, 9.17) is 5.73 Å². The number of hydrogen-bond donors (Lipinski definition) is 4. The minimum absolute atomic E-state index is 0.144. The highest BCUT2D eigenvalue weighted by molar-refractivity contribution is 5.79. The predicted molar refractivity (Wildman–Crippen MR) is 73.4 cm³/mol. The van der Waals surface area contributed by atoms with Crippen molar-refractivity contribution in [3.05, 3.63) is 22.2 Å². The van der Waals surface area contributed by atoms with Crippen LogP contribution in [0, 0.1) is 10.1 Å². The average molecular weight is 283 g/mol. The summed E-state index contributed by atoms with van der Waals surface area (Å²) >= 11 is 0. The Morgan fingerprint density at radius 3 is 2.60 bits per heavy atom. The van der Waals surface area contributed by atoms with Crippen molar-refractivity contribution in [2.45, 2.75) is 19.4 Å². The summed E-state index contributed by atoms with van der Waals surface area (Å²) < 4.78 is 0. The number of nitrogens with zero attached hydrogens (tertiary/aromatic N) is 2. The third-order valence-corrected chi connectivity index (χ3v) is 2.38. The van der Waals surface area contributed by atoms with Crippen molar-refractivity contribution in [2.24, 2.45) is 5.73 Å². The predicted octanol–water partition coefficient (Wildman–Crippen LogP) is 0.0698. The minimum Gasteiger partial charge on any atom is -0.381 e. The van der Waals surface area contributed by atoms with Crippen molar-refractivity contribution in [1.29, 1.82) is 0 Å². The summed E-state index contributed by atoms with van der Waals surface area (Å²) in [6.07, 6.45) is -0.545. The number of nitrogens with two attached hydrogens (primary N) is 1. The molecule has 1 atom stereocenters. The van der Waals surface area contributed by atoms with E-state index in [1.165, 1.54) is 12.1 Å². The highest BCUT2D eigenvalue weighted by Crippen LogP contribution is 2.20. The van der Waals surface area contributed by atoms with Crippen LogP contribution in [0.5, 0.6) is 0 Å². The maximum absolute atomic E-state index is 10.8. The summed E-state index contributed by atoms with van der Waals surface area (Å²) in [5.41, 5.74) is 4.76. The monoisotopic (exact) mass is 283 g/mol. The highest BCUT2D eigenvalue weighted by atomic mass is 16.6. The average Bonchev–Trinajstić information content (AvgIpc) is 2.42. The molecule has 0 fully saturated rings. The van der Waals surface area contributed by atoms with Crippen LogP contribution in [0.4, 0.5) is 17.3 Å². The molecule has 0 saturated carbocycles. The van der Waals surface area contributed by atoms with E-state index in [9.17, 15) is 20.0 Å². The van der Waals surface area contributed by atoms with E-state index in [-0.39, 0.29) is 18.1 Å². The molecule has 1 aromatic heterocycles. The summed E-state index contributed by atoms with van der Waals surface area (Å²) in [5, 5.41) is 25.6. The fourth-order valence-corrected chi connectivity index (χ4v) is 1.36. The Bertz CT molecular complexity index is 494. The molecule has 0 aromatic carbocycles. The minimum atomic E-state index is -1.39. The van der Waals surface area contributed by atoms with Crippen LogP contribution in [-0.2, 0) is 4.79 Å². The lowest BCUT2D eigenvalue weighted by Gasteiger charge is -2.11. The highest BCUT2D eigenvalue weighted by Gasteiger charge is 2.14. The molecule has 0 radical (unpaired) electrons. The smallest absolute Gasteiger partial charge is 0.276 e. The first-order chi connectivity index (χ1) is 9.43. The number of carbonyl (C=O) groups excluding carboxylic acids is 1. The Kier molecular flexibility index (Phi) is 5.66. The number of aliphatic hydroxyl groups is 1. The van der Waals surface area contributed by atoms with Gasteiger partial charge in [-0.1, -0.05) is 6.92 Å². The molecule has 0 aliphatic carbocycles. The van der Waals surface area contributed by atoms with Gasteiger partial charge in [0.05, 0.1) is 23.6 Å². The van der Waals surface area contributed by atoms with Crippen LogP contribution in [0.15, 0.2) is 12.1 Å². The van der Waals surface area contributed by atoms with Crippen LogP contribution in [0.2, 0.25) is 0 Å². The van der Waals surface area contributed by atoms with E-state index in [0.717, 1.165) is 6.42 Å². The topological polar surface area (TPSA) is 143 Å². The van der Waals surface area contributed by atoms with Gasteiger partial charge in [0.15, 0.2) is 0 Å². The zero-order valence-corrected chi connectivity index (χ0v) is 11.0. The Balaban J connectivity index is 2.85. The van der Waals surface area contributed by atoms with E-state index in [1.54, 1.807) is 0 Å². The number of rotatable bonds is 8. The molecule has 0 aliphatic heterocycles. The van der Waals surface area contributed by atoms with Gasteiger partial charge in [0.25, 0.3) is 5.69 Å². The second kappa shape index (κ2) is 7.24. The molecule has 110 valence electrons. The van der Waals surface area contributed by atoms with Crippen molar-refractivity contribution >= 4 is 23.2 Å². The Labute approximate surface area is 115 Å². The molecule has 9 heteroatoms. The quantitative estimate of drug-likeness (QED) is 0.390. The van der Waals surface area contributed by atoms with Gasteiger partial charge in [0, 0.05) is 6.54 Å². The van der Waals surface area contributed by atoms with Crippen molar-refractivity contribution < 1.29 is 14.8 Å². The standard InChI is InChI=1S/C11H17N5O4/c1-2-3-13-9-4-7(16(19)20)5-10(15-9)14-6-8(17)11(12)18/h4-5,8,17H,2-3,6H2,1H3,(H2,12,18)(H2,13,14,15). The third-order valence-electron chi connectivity index (χ3n) is 2.38. The van der Waals surface area contributed by atoms with Crippen molar-refractivity contribution in [2.75, 3.05) is 23.7 Å². The molecule has 20 heavy (non-hydrogen) atoms. The molecule has 0 saturated heterocycles. The SMILES string of the molecule is CCCNc1cc([N+](=O)[O-])cc(NCC(O)C(N)=O)n1. The van der Waals surface area contributed by atoms with Gasteiger partial charge in [-0.25, -0.2) is 4.98 Å². The van der Waals surface area contributed by atoms with Crippen LogP contribution in [0.3, 0.4) is 0 Å². The van der Waals surface area contributed by atoms with Crippen LogP contribution < -0.4 is 16.4 Å². The number of primary amides is 1. The van der Waals surface area contributed by atoms with Crippen molar-refractivity contribution in [1.82, 2.24) is 4.98 Å². The lowest BCUT2D eigenvalue weighted by Crippen LogP contribution is -2.34. The van der Waals surface area contributed by atoms with Gasteiger partial charge < -0.3 is 21.5 Å². The summed E-state index contributed by atoms with van der Waals surface area (Å²) in [6.45, 7) is 2.40. The number of nitrogens with one attached hydrogen (secondary N) is 2. The molecule has 1 amide bonds. The van der Waals surface area contributed by atoms with Gasteiger partial charge in [0.1, 0.15) is 17.7 Å². The van der Waals surface area contributed by atoms with Gasteiger partial charge in [-0.3, -0.25) is 14.9 Å². The third kappa shape index (κ3) is 4.69. The molecule has 1 aromatic rings. The number of pyridine rings is 1. The number of aromatic nitrogens is 1. The summed E-state index contributed by atoms with van der Waals surface area (Å²) in [6, 6.07) is 2.52. The number of hydrogen-bond acceptors (Lipinski definition) is 7. The summed E-state index contributed by atoms with van der Waals surface area (Å²) in [4.78, 5) is 25.1. The molecule has 1 heterocycles. The van der Waals surface area contributed by atoms with Crippen molar-refractivity contribution in [3.8, 4) is 0 Å². The van der Waals surface area contributed by atoms with E-state index in [0.29, 0.717) is 12.4 Å². The zero-order chi connectivity index (χ0) is 15.1. The van der Waals surface area contributed by atoms with E-state index >= 15 is 0 Å². The normalized spacial score (nSPS) is 11.7. The maximum atomic E-state index is 10.8. The van der Waals surface area contributed by atoms with Crippen LogP contribution in [0.25, 0.3) is 0 Å². The number of carbonyl (C=O) groups is 1. The van der Waals surface area contributed by atoms with Gasteiger partial charge in [-0.2, -0.15) is 0 Å². The number of nitro groups is 1. The first kappa shape index (κ1) is 15.6. The van der Waals surface area contributed by atoms with Gasteiger partial charge in [-0.15, -0.1) is 0 Å². The second-order valence-electron chi connectivity index (χ2n) is 4.08. The Morgan fingerprint density at radius 2 is 2.10 bits per heavy atom. The molecule has 9 nitrogen and oxygen atoms in total. The first-order valence-corrected chi connectivity index (χ1v) is 6.05. The molecular formula is C11H17N5O4. The molecule has 5 N–H and O–H groups in total. The molecule has 0 spiro atoms. The Morgan fingerprint density at radius 1 is 1.50 bits per heavy atom. The number of amides is 1. The van der Waals surface area contributed by atoms with Gasteiger partial charge >= 0.3 is 0 Å². The van der Waals surface area contributed by atoms with Crippen LogP contribution in [0.1, 0.15) is 13.3 Å². The largest absolute Gasteiger partial charge is 0.381 e. The Hall–Kier alpha value is -2.42. The van der Waals surface area contributed by atoms with E-state index in [1.807, 2.05) is 6.92 Å². The molecular weight excluding hydrogens is 266 g/mol. The fraction of sp³-hybridized carbons (Fsp3) is 0.455. The molecule has 0 bridgehead atoms. The van der Waals surface area contributed by atoms with Crippen LogP contribution in [-0.4, -0.2) is 40.1 Å². The second-order valence-corrected chi connectivity index (χ2v) is 4.08.